The highest BCUT2D eigenvalue weighted by Crippen LogP contribution is 2.20. The second-order valence-electron chi connectivity index (χ2n) is 5.50. The number of nitrogens with zero attached hydrogens (tertiary/aromatic N) is 3. The minimum Gasteiger partial charge on any atom is -0.359 e. The first-order valence-electron chi connectivity index (χ1n) is 7.34. The molecule has 7 heteroatoms. The van der Waals surface area contributed by atoms with E-state index in [4.69, 9.17) is 0 Å². The molecule has 1 saturated heterocycles. The van der Waals surface area contributed by atoms with Crippen LogP contribution in [0.1, 0.15) is 19.3 Å². The number of carbonyl (C=O) groups is 2. The van der Waals surface area contributed by atoms with E-state index in [0.29, 0.717) is 12.3 Å². The normalized spacial score (nSPS) is 16.6. The fraction of sp³-hybridized carbons (Fsp3) is 0.786. The summed E-state index contributed by atoms with van der Waals surface area (Å²) >= 11 is 0. The van der Waals surface area contributed by atoms with Crippen LogP contribution >= 0.6 is 0 Å². The van der Waals surface area contributed by atoms with Crippen LogP contribution in [0.15, 0.2) is 4.99 Å². The molecule has 0 radical (unpaired) electrons. The second kappa shape index (κ2) is 8.49. The van der Waals surface area contributed by atoms with Gasteiger partial charge in [-0.15, -0.1) is 0 Å². The first-order chi connectivity index (χ1) is 9.97. The molecule has 7 nitrogen and oxygen atoms in total. The van der Waals surface area contributed by atoms with Crippen LogP contribution < -0.4 is 10.6 Å². The van der Waals surface area contributed by atoms with E-state index in [1.807, 2.05) is 0 Å². The summed E-state index contributed by atoms with van der Waals surface area (Å²) in [6.07, 6.45) is 2.53. The van der Waals surface area contributed by atoms with Gasteiger partial charge in [0, 0.05) is 47.7 Å². The summed E-state index contributed by atoms with van der Waals surface area (Å²) in [7, 11) is 6.86. The number of rotatable bonds is 4. The van der Waals surface area contributed by atoms with Gasteiger partial charge in [-0.3, -0.25) is 14.6 Å². The van der Waals surface area contributed by atoms with E-state index < -0.39 is 0 Å². The zero-order valence-corrected chi connectivity index (χ0v) is 13.5. The molecular weight excluding hydrogens is 270 g/mol. The number of amides is 2. The largest absolute Gasteiger partial charge is 0.359 e. The molecule has 1 aliphatic heterocycles. The number of hydrogen-bond donors (Lipinski definition) is 2. The molecule has 0 aromatic rings. The molecule has 0 bridgehead atoms. The number of nitrogens with one attached hydrogen (secondary N) is 2. The Morgan fingerprint density at radius 3 is 2.38 bits per heavy atom. The van der Waals surface area contributed by atoms with Crippen molar-refractivity contribution in [2.75, 3.05) is 47.8 Å². The van der Waals surface area contributed by atoms with Crippen molar-refractivity contribution in [2.45, 2.75) is 19.3 Å². The highest BCUT2D eigenvalue weighted by Gasteiger charge is 2.23. The third-order valence-corrected chi connectivity index (χ3v) is 3.78. The molecule has 2 N–H and O–H groups in total. The molecule has 1 heterocycles. The fourth-order valence-corrected chi connectivity index (χ4v) is 2.36. The lowest BCUT2D eigenvalue weighted by molar-refractivity contribution is -0.127. The van der Waals surface area contributed by atoms with E-state index in [-0.39, 0.29) is 18.4 Å². The van der Waals surface area contributed by atoms with Crippen molar-refractivity contribution in [1.82, 2.24) is 20.4 Å². The smallest absolute Gasteiger partial charge is 0.241 e. The van der Waals surface area contributed by atoms with Crippen LogP contribution in [0.2, 0.25) is 0 Å². The van der Waals surface area contributed by atoms with Gasteiger partial charge in [0.25, 0.3) is 0 Å². The van der Waals surface area contributed by atoms with Gasteiger partial charge in [-0.2, -0.15) is 0 Å². The number of guanidine groups is 1. The first kappa shape index (κ1) is 17.3. The molecule has 1 fully saturated rings. The number of piperidine rings is 1. The van der Waals surface area contributed by atoms with Crippen molar-refractivity contribution in [3.63, 3.8) is 0 Å². The van der Waals surface area contributed by atoms with Crippen LogP contribution in [-0.4, -0.2) is 75.4 Å². The van der Waals surface area contributed by atoms with Gasteiger partial charge < -0.3 is 20.4 Å². The minimum absolute atomic E-state index is 0.0191. The maximum absolute atomic E-state index is 11.6. The Hall–Kier alpha value is -1.79. The molecule has 120 valence electrons. The van der Waals surface area contributed by atoms with Gasteiger partial charge in [-0.05, 0) is 18.8 Å². The van der Waals surface area contributed by atoms with E-state index in [2.05, 4.69) is 20.5 Å². The molecule has 0 atom stereocenters. The van der Waals surface area contributed by atoms with Gasteiger partial charge in [0.05, 0.1) is 6.54 Å². The predicted molar refractivity (Wildman–Crippen MR) is 83.0 cm³/mol. The third kappa shape index (κ3) is 5.61. The molecule has 21 heavy (non-hydrogen) atoms. The summed E-state index contributed by atoms with van der Waals surface area (Å²) in [5.74, 6) is 1.31. The van der Waals surface area contributed by atoms with Crippen LogP contribution in [0.4, 0.5) is 0 Å². The van der Waals surface area contributed by atoms with E-state index in [1.165, 1.54) is 0 Å². The molecule has 0 unspecified atom stereocenters. The van der Waals surface area contributed by atoms with Crippen molar-refractivity contribution in [1.29, 1.82) is 0 Å². The monoisotopic (exact) mass is 297 g/mol. The SMILES string of the molecule is CN=C(NCC(=O)N(C)C)N1CCC(CC(=O)NC)CC1. The molecule has 0 aromatic carbocycles. The standard InChI is InChI=1S/C14H27N5O2/c1-15-12(20)9-11-5-7-19(8-6-11)14(16-2)17-10-13(21)18(3)4/h11H,5-10H2,1-4H3,(H,15,20)(H,16,17). The van der Waals surface area contributed by atoms with Crippen LogP contribution in [0.25, 0.3) is 0 Å². The summed E-state index contributed by atoms with van der Waals surface area (Å²) in [5.41, 5.74) is 0. The van der Waals surface area contributed by atoms with Crippen molar-refractivity contribution in [2.24, 2.45) is 10.9 Å². The number of hydrogen-bond acceptors (Lipinski definition) is 3. The Morgan fingerprint density at radius 2 is 1.90 bits per heavy atom. The highest BCUT2D eigenvalue weighted by atomic mass is 16.2. The van der Waals surface area contributed by atoms with Crippen molar-refractivity contribution < 1.29 is 9.59 Å². The van der Waals surface area contributed by atoms with Crippen LogP contribution in [0.3, 0.4) is 0 Å². The van der Waals surface area contributed by atoms with Crippen LogP contribution in [0.5, 0.6) is 0 Å². The van der Waals surface area contributed by atoms with Crippen molar-refractivity contribution in [3.8, 4) is 0 Å². The molecule has 0 aliphatic carbocycles. The summed E-state index contributed by atoms with van der Waals surface area (Å²) in [6.45, 7) is 1.97. The maximum Gasteiger partial charge on any atom is 0.241 e. The van der Waals surface area contributed by atoms with E-state index in [9.17, 15) is 9.59 Å². The molecule has 0 aromatic heterocycles. The lowest BCUT2D eigenvalue weighted by atomic mass is 9.93. The Kier molecular flexibility index (Phi) is 6.98. The summed E-state index contributed by atoms with van der Waals surface area (Å²) in [4.78, 5) is 30.9. The average Bonchev–Trinajstić information content (AvgIpc) is 2.48. The van der Waals surface area contributed by atoms with Crippen LogP contribution in [0, 0.1) is 5.92 Å². The highest BCUT2D eigenvalue weighted by molar-refractivity contribution is 5.86. The maximum atomic E-state index is 11.6. The topological polar surface area (TPSA) is 77.0 Å². The second-order valence-corrected chi connectivity index (χ2v) is 5.50. The Labute approximate surface area is 126 Å². The average molecular weight is 297 g/mol. The van der Waals surface area contributed by atoms with Crippen LogP contribution in [-0.2, 0) is 9.59 Å². The Morgan fingerprint density at radius 1 is 1.29 bits per heavy atom. The van der Waals surface area contributed by atoms with Crippen molar-refractivity contribution in [3.05, 3.63) is 0 Å². The van der Waals surface area contributed by atoms with Gasteiger partial charge in [0.15, 0.2) is 5.96 Å². The van der Waals surface area contributed by atoms with Gasteiger partial charge in [0.2, 0.25) is 11.8 Å². The van der Waals surface area contributed by atoms with Gasteiger partial charge in [0.1, 0.15) is 0 Å². The minimum atomic E-state index is 0.0191. The number of likely N-dealkylation sites (N-methyl/N-ethyl adjacent to an activating group) is 1. The molecule has 1 rings (SSSR count). The number of aliphatic imine (C=N–C) groups is 1. The molecule has 0 spiro atoms. The van der Waals surface area contributed by atoms with E-state index >= 15 is 0 Å². The zero-order chi connectivity index (χ0) is 15.8. The summed E-state index contributed by atoms with van der Waals surface area (Å²) in [6, 6.07) is 0. The first-order valence-corrected chi connectivity index (χ1v) is 7.34. The Balaban J connectivity index is 2.40. The predicted octanol–water partition coefficient (Wildman–Crippen LogP) is -0.502. The summed E-state index contributed by atoms with van der Waals surface area (Å²) in [5, 5.41) is 5.76. The Bertz CT molecular complexity index is 387. The van der Waals surface area contributed by atoms with Crippen molar-refractivity contribution >= 4 is 17.8 Å². The van der Waals surface area contributed by atoms with Gasteiger partial charge >= 0.3 is 0 Å². The van der Waals surface area contributed by atoms with Gasteiger partial charge in [-0.25, -0.2) is 0 Å². The zero-order valence-electron chi connectivity index (χ0n) is 13.5. The van der Waals surface area contributed by atoms with E-state index in [1.54, 1.807) is 33.1 Å². The fourth-order valence-electron chi connectivity index (χ4n) is 2.36. The molecule has 2 amide bonds. The lowest BCUT2D eigenvalue weighted by Gasteiger charge is -2.34. The molecule has 0 saturated carbocycles. The lowest BCUT2D eigenvalue weighted by Crippen LogP contribution is -2.48. The van der Waals surface area contributed by atoms with E-state index in [0.717, 1.165) is 31.9 Å². The quantitative estimate of drug-likeness (QED) is 0.542. The molecular formula is C14H27N5O2. The number of carbonyl (C=O) groups excluding carboxylic acids is 2. The third-order valence-electron chi connectivity index (χ3n) is 3.78. The summed E-state index contributed by atoms with van der Waals surface area (Å²) < 4.78 is 0. The molecule has 1 aliphatic rings. The number of likely N-dealkylation sites (tertiary alicyclic amines) is 1. The van der Waals surface area contributed by atoms with Gasteiger partial charge in [-0.1, -0.05) is 0 Å².